The van der Waals surface area contributed by atoms with Crippen molar-refractivity contribution in [3.05, 3.63) is 134 Å². The summed E-state index contributed by atoms with van der Waals surface area (Å²) in [6.07, 6.45) is 70.0. The van der Waals surface area contributed by atoms with Crippen LogP contribution in [0.1, 0.15) is 188 Å². The number of carbonyl (C=O) groups is 3. The molecule has 0 saturated heterocycles. The van der Waals surface area contributed by atoms with Gasteiger partial charge in [0.05, 0.1) is 0 Å². The summed E-state index contributed by atoms with van der Waals surface area (Å²) in [5.74, 6) is -1.00. The Bertz CT molecular complexity index is 1420. The maximum atomic E-state index is 12.8. The number of hydrogen-bond donors (Lipinski definition) is 0. The van der Waals surface area contributed by atoms with Gasteiger partial charge in [0.2, 0.25) is 0 Å². The van der Waals surface area contributed by atoms with E-state index in [1.165, 1.54) is 12.8 Å². The SMILES string of the molecule is CC\C=C/C=C\C=C/C=C\C=C/CCCCCC(=O)OC(COC(=O)CCCCCC/C=C\C/C=C\C/C=C\CC)COC(=O)CCCCCCCC/C=C\C/C=C\C/C=C\CC. The van der Waals surface area contributed by atoms with Gasteiger partial charge in [-0.25, -0.2) is 0 Å². The lowest BCUT2D eigenvalue weighted by Crippen LogP contribution is -2.30. The minimum atomic E-state index is -0.820. The van der Waals surface area contributed by atoms with Crippen LogP contribution in [-0.2, 0) is 28.6 Å². The van der Waals surface area contributed by atoms with Gasteiger partial charge >= 0.3 is 17.9 Å². The fourth-order valence-electron chi connectivity index (χ4n) is 6.14. The zero-order chi connectivity index (χ0) is 45.8. The zero-order valence-electron chi connectivity index (χ0n) is 40.0. The molecule has 0 aliphatic rings. The molecule has 6 heteroatoms. The molecule has 0 amide bonds. The summed E-state index contributed by atoms with van der Waals surface area (Å²) in [5, 5.41) is 0. The number of esters is 3. The van der Waals surface area contributed by atoms with E-state index in [1.54, 1.807) is 0 Å². The van der Waals surface area contributed by atoms with Gasteiger partial charge in [-0.3, -0.25) is 14.4 Å². The first-order valence-corrected chi connectivity index (χ1v) is 24.8. The van der Waals surface area contributed by atoms with E-state index in [9.17, 15) is 14.4 Å². The summed E-state index contributed by atoms with van der Waals surface area (Å²) < 4.78 is 16.7. The maximum absolute atomic E-state index is 12.8. The van der Waals surface area contributed by atoms with Gasteiger partial charge in [-0.15, -0.1) is 0 Å². The second-order valence-electron chi connectivity index (χ2n) is 15.7. The third-order valence-electron chi connectivity index (χ3n) is 9.76. The van der Waals surface area contributed by atoms with Crippen molar-refractivity contribution >= 4 is 17.9 Å². The summed E-state index contributed by atoms with van der Waals surface area (Å²) in [6.45, 7) is 6.17. The highest BCUT2D eigenvalue weighted by Gasteiger charge is 2.19. The van der Waals surface area contributed by atoms with Crippen molar-refractivity contribution in [3.8, 4) is 0 Å². The first-order valence-electron chi connectivity index (χ1n) is 24.8. The summed E-state index contributed by atoms with van der Waals surface area (Å²) >= 11 is 0. The van der Waals surface area contributed by atoms with Crippen LogP contribution in [-0.4, -0.2) is 37.2 Å². The Morgan fingerprint density at radius 1 is 0.333 bits per heavy atom. The van der Waals surface area contributed by atoms with Gasteiger partial charge in [-0.2, -0.15) is 0 Å². The molecule has 0 radical (unpaired) electrons. The molecular weight excluding hydrogens is 781 g/mol. The van der Waals surface area contributed by atoms with E-state index < -0.39 is 6.10 Å². The monoisotopic (exact) mass is 869 g/mol. The van der Waals surface area contributed by atoms with E-state index >= 15 is 0 Å². The largest absolute Gasteiger partial charge is 0.462 e. The van der Waals surface area contributed by atoms with Crippen LogP contribution in [0.15, 0.2) is 134 Å². The lowest BCUT2D eigenvalue weighted by Gasteiger charge is -2.18. The van der Waals surface area contributed by atoms with Crippen LogP contribution < -0.4 is 0 Å². The Morgan fingerprint density at radius 3 is 1.10 bits per heavy atom. The molecule has 0 bridgehead atoms. The topological polar surface area (TPSA) is 78.9 Å². The van der Waals surface area contributed by atoms with Crippen molar-refractivity contribution in [3.63, 3.8) is 0 Å². The molecule has 0 rings (SSSR count). The van der Waals surface area contributed by atoms with Crippen molar-refractivity contribution < 1.29 is 28.6 Å². The van der Waals surface area contributed by atoms with Crippen LogP contribution in [0, 0.1) is 0 Å². The molecule has 63 heavy (non-hydrogen) atoms. The summed E-state index contributed by atoms with van der Waals surface area (Å²) in [5.41, 5.74) is 0. The van der Waals surface area contributed by atoms with Gasteiger partial charge in [0.1, 0.15) is 13.2 Å². The molecule has 0 fully saturated rings. The van der Waals surface area contributed by atoms with E-state index in [4.69, 9.17) is 14.2 Å². The summed E-state index contributed by atoms with van der Waals surface area (Å²) in [6, 6.07) is 0. The van der Waals surface area contributed by atoms with E-state index in [0.717, 1.165) is 128 Å². The van der Waals surface area contributed by atoms with Gasteiger partial charge < -0.3 is 14.2 Å². The van der Waals surface area contributed by atoms with Crippen molar-refractivity contribution in [2.75, 3.05) is 13.2 Å². The van der Waals surface area contributed by atoms with Crippen molar-refractivity contribution in [2.45, 2.75) is 194 Å². The van der Waals surface area contributed by atoms with Crippen LogP contribution in [0.3, 0.4) is 0 Å². The maximum Gasteiger partial charge on any atom is 0.306 e. The third kappa shape index (κ3) is 48.4. The first kappa shape index (κ1) is 58.6. The number of ether oxygens (including phenoxy) is 3. The molecule has 0 aromatic carbocycles. The number of allylic oxidation sites excluding steroid dienone is 22. The average molecular weight is 869 g/mol. The van der Waals surface area contributed by atoms with Gasteiger partial charge in [0.15, 0.2) is 6.10 Å². The summed E-state index contributed by atoms with van der Waals surface area (Å²) in [4.78, 5) is 37.9. The first-order chi connectivity index (χ1) is 31.0. The van der Waals surface area contributed by atoms with Gasteiger partial charge in [0, 0.05) is 19.3 Å². The Labute approximate surface area is 385 Å². The lowest BCUT2D eigenvalue weighted by molar-refractivity contribution is -0.167. The predicted octanol–water partition coefficient (Wildman–Crippen LogP) is 16.3. The van der Waals surface area contributed by atoms with Crippen molar-refractivity contribution in [1.29, 1.82) is 0 Å². The smallest absolute Gasteiger partial charge is 0.306 e. The Kier molecular flexibility index (Phi) is 46.7. The van der Waals surface area contributed by atoms with Crippen LogP contribution in [0.2, 0.25) is 0 Å². The molecule has 0 aromatic rings. The minimum absolute atomic E-state index is 0.115. The Hall–Kier alpha value is -4.45. The number of hydrogen-bond acceptors (Lipinski definition) is 6. The normalized spacial score (nSPS) is 13.3. The van der Waals surface area contributed by atoms with Crippen LogP contribution in [0.25, 0.3) is 0 Å². The number of unbranched alkanes of at least 4 members (excludes halogenated alkanes) is 13. The molecule has 0 aromatic heterocycles. The molecule has 352 valence electrons. The van der Waals surface area contributed by atoms with Gasteiger partial charge in [0.25, 0.3) is 0 Å². The Morgan fingerprint density at radius 2 is 0.651 bits per heavy atom. The average Bonchev–Trinajstić information content (AvgIpc) is 3.28. The highest BCUT2D eigenvalue weighted by atomic mass is 16.6. The highest BCUT2D eigenvalue weighted by Crippen LogP contribution is 2.12. The molecule has 0 aliphatic carbocycles. The lowest BCUT2D eigenvalue weighted by atomic mass is 10.1. The van der Waals surface area contributed by atoms with E-state index in [1.807, 2.05) is 48.6 Å². The summed E-state index contributed by atoms with van der Waals surface area (Å²) in [7, 11) is 0. The molecule has 0 heterocycles. The highest BCUT2D eigenvalue weighted by molar-refractivity contribution is 5.71. The molecular formula is C57H88O6. The van der Waals surface area contributed by atoms with E-state index in [2.05, 4.69) is 106 Å². The van der Waals surface area contributed by atoms with Crippen LogP contribution >= 0.6 is 0 Å². The molecule has 0 spiro atoms. The molecule has 0 saturated carbocycles. The van der Waals surface area contributed by atoms with E-state index in [-0.39, 0.29) is 37.5 Å². The fraction of sp³-hybridized carbons (Fsp3) is 0.561. The van der Waals surface area contributed by atoms with Crippen molar-refractivity contribution in [2.24, 2.45) is 0 Å². The molecule has 6 nitrogen and oxygen atoms in total. The second-order valence-corrected chi connectivity index (χ2v) is 15.7. The van der Waals surface area contributed by atoms with E-state index in [0.29, 0.717) is 19.3 Å². The molecule has 0 N–H and O–H groups in total. The second kappa shape index (κ2) is 50.2. The minimum Gasteiger partial charge on any atom is -0.462 e. The predicted molar refractivity (Wildman–Crippen MR) is 269 cm³/mol. The van der Waals surface area contributed by atoms with Gasteiger partial charge in [-0.05, 0) is 103 Å². The molecule has 0 aliphatic heterocycles. The number of rotatable bonds is 42. The van der Waals surface area contributed by atoms with Crippen molar-refractivity contribution in [1.82, 2.24) is 0 Å². The van der Waals surface area contributed by atoms with Crippen LogP contribution in [0.5, 0.6) is 0 Å². The standard InChI is InChI=1S/C57H88O6/c1-4-7-10-13-16-19-22-25-28-30-32-35-38-41-44-47-50-56(59)62-53-54(52-61-55(58)49-46-43-40-37-34-31-27-24-21-18-15-12-9-6-3)63-57(60)51-48-45-42-39-36-33-29-26-23-20-17-14-11-8-5-2/h7-12,14,16-21,23,25-29,31,33,36,54H,4-6,13,15,22,24,30,32,34-35,37-53H2,1-3H3/b10-7-,11-8-,12-9-,17-14-,19-16-,21-18-,23-20-,28-25-,29-26-,31-27-,36-33-. The number of carbonyl (C=O) groups excluding carboxylic acids is 3. The molecule has 1 atom stereocenters. The Balaban J connectivity index is 4.55. The molecule has 1 unspecified atom stereocenters. The van der Waals surface area contributed by atoms with Crippen LogP contribution in [0.4, 0.5) is 0 Å². The third-order valence-corrected chi connectivity index (χ3v) is 9.76. The zero-order valence-corrected chi connectivity index (χ0v) is 40.0. The quantitative estimate of drug-likeness (QED) is 0.0200. The fourth-order valence-corrected chi connectivity index (χ4v) is 6.14. The van der Waals surface area contributed by atoms with Gasteiger partial charge in [-0.1, -0.05) is 199 Å².